The molecule has 0 aromatic rings. The first-order valence-electron chi connectivity index (χ1n) is 3.27. The van der Waals surface area contributed by atoms with Crippen LogP contribution >= 0.6 is 0 Å². The minimum atomic E-state index is -0.788. The zero-order chi connectivity index (χ0) is 8.69. The fourth-order valence-corrected chi connectivity index (χ4v) is 2.68. The molecule has 0 bridgehead atoms. The molecule has 0 aliphatic heterocycles. The molecule has 0 aliphatic carbocycles. The van der Waals surface area contributed by atoms with Gasteiger partial charge < -0.3 is 11.0 Å². The molecule has 0 heterocycles. The molecule has 0 fully saturated rings. The van der Waals surface area contributed by atoms with Gasteiger partial charge >= 0.3 is 70.5 Å². The van der Waals surface area contributed by atoms with E-state index in [-0.39, 0.29) is 39.2 Å². The Kier molecular flexibility index (Phi) is 16.0. The van der Waals surface area contributed by atoms with Crippen molar-refractivity contribution in [2.24, 2.45) is 0 Å². The molecule has 0 aromatic heterocycles. The third-order valence-corrected chi connectivity index (χ3v) is 3.56. The van der Waals surface area contributed by atoms with Crippen LogP contribution in [0.15, 0.2) is 0 Å². The van der Waals surface area contributed by atoms with Crippen LogP contribution in [0.2, 0.25) is 10.5 Å². The van der Waals surface area contributed by atoms with Gasteiger partial charge in [0.15, 0.2) is 0 Å². The average Bonchev–Trinajstić information content (AvgIpc) is 1.85. The summed E-state index contributed by atoms with van der Waals surface area (Å²) in [6.45, 7) is 0. The van der Waals surface area contributed by atoms with Crippen molar-refractivity contribution in [3.63, 3.8) is 0 Å². The number of carboxylic acids is 2. The maximum atomic E-state index is 10.0. The normalized spacial score (nSPS) is 8.00. The number of carboxylic acid groups (broad SMARTS) is 2. The zero-order valence-electron chi connectivity index (χ0n) is 7.04. The van der Waals surface area contributed by atoms with Gasteiger partial charge in [-0.05, 0) is 0 Å². The van der Waals surface area contributed by atoms with Crippen molar-refractivity contribution in [3.8, 4) is 0 Å². The van der Waals surface area contributed by atoms with Gasteiger partial charge in [0.1, 0.15) is 0 Å². The van der Waals surface area contributed by atoms with Crippen molar-refractivity contribution >= 4 is 27.4 Å². The van der Waals surface area contributed by atoms with Gasteiger partial charge in [-0.15, -0.1) is 0 Å². The third-order valence-electron chi connectivity index (χ3n) is 1.03. The van der Waals surface area contributed by atoms with Crippen molar-refractivity contribution in [2.75, 3.05) is 0 Å². The van der Waals surface area contributed by atoms with E-state index in [0.29, 0.717) is 10.5 Å². The second kappa shape index (κ2) is 11.4. The molecule has 0 atom stereocenters. The second-order valence-electron chi connectivity index (χ2n) is 2.04. The van der Waals surface area contributed by atoms with Gasteiger partial charge in [-0.1, -0.05) is 0 Å². The van der Waals surface area contributed by atoms with Crippen LogP contribution < -0.4 is 0 Å². The van der Waals surface area contributed by atoms with Crippen molar-refractivity contribution in [2.45, 2.75) is 23.3 Å². The Morgan fingerprint density at radius 1 is 0.923 bits per heavy atom. The summed E-state index contributed by atoms with van der Waals surface area (Å²) in [7, 11) is 0. The van der Waals surface area contributed by atoms with Gasteiger partial charge in [0.25, 0.3) is 0 Å². The first-order valence-corrected chi connectivity index (χ1v) is 6.24. The van der Waals surface area contributed by atoms with Crippen LogP contribution in [-0.4, -0.2) is 48.5 Å². The Bertz CT molecular complexity index is 132. The number of hydrogen-bond acceptors (Lipinski definition) is 2. The van der Waals surface area contributed by atoms with Crippen LogP contribution in [0, 0.1) is 0 Å². The van der Waals surface area contributed by atoms with E-state index in [9.17, 15) is 9.59 Å². The van der Waals surface area contributed by atoms with Gasteiger partial charge in [0, 0.05) is 0 Å². The predicted octanol–water partition coefficient (Wildman–Crippen LogP) is -1.17. The van der Waals surface area contributed by atoms with Crippen molar-refractivity contribution < 1.29 is 30.8 Å². The SMILES string of the molecule is O.O.O=C(O)C[CH2][Ge][CH2]CC(=O)O. The molecule has 2 radical (unpaired) electrons. The summed E-state index contributed by atoms with van der Waals surface area (Å²) < 4.78 is 0. The Balaban J connectivity index is -0.000000500. The summed E-state index contributed by atoms with van der Waals surface area (Å²) in [6.07, 6.45) is 0.388. The third kappa shape index (κ3) is 18.4. The molecule has 0 aromatic carbocycles. The molecule has 13 heavy (non-hydrogen) atoms. The van der Waals surface area contributed by atoms with Gasteiger partial charge in [-0.25, -0.2) is 0 Å². The summed E-state index contributed by atoms with van der Waals surface area (Å²) in [4.78, 5) is 20.0. The fraction of sp³-hybridized carbons (Fsp3) is 0.667. The predicted molar refractivity (Wildman–Crippen MR) is 47.1 cm³/mol. The van der Waals surface area contributed by atoms with Crippen LogP contribution in [0.3, 0.4) is 0 Å². The van der Waals surface area contributed by atoms with E-state index in [2.05, 4.69) is 0 Å². The van der Waals surface area contributed by atoms with Crippen LogP contribution in [0.5, 0.6) is 0 Å². The summed E-state index contributed by atoms with van der Waals surface area (Å²) in [6, 6.07) is 0. The fourth-order valence-electron chi connectivity index (χ4n) is 0.516. The van der Waals surface area contributed by atoms with Gasteiger partial charge in [-0.3, -0.25) is 0 Å². The van der Waals surface area contributed by atoms with Crippen LogP contribution in [0.4, 0.5) is 0 Å². The standard InChI is InChI=1S/C6H10GeO4.2H2O/c8-5(9)1-3-7-4-2-6(10)11;;/h1-4H2,(H,8,9)(H,10,11);2*1H2. The first kappa shape index (κ1) is 18.2. The van der Waals surface area contributed by atoms with Crippen LogP contribution in [0.25, 0.3) is 0 Å². The molecule has 0 unspecified atom stereocenters. The minimum absolute atomic E-state index is 0. The molecule has 0 aliphatic rings. The molecule has 0 amide bonds. The molecule has 6 N–H and O–H groups in total. The number of rotatable bonds is 6. The Morgan fingerprint density at radius 3 is 1.46 bits per heavy atom. The Morgan fingerprint density at radius 2 is 1.23 bits per heavy atom. The molecule has 6 nitrogen and oxygen atoms in total. The van der Waals surface area contributed by atoms with E-state index in [0.717, 1.165) is 0 Å². The zero-order valence-corrected chi connectivity index (χ0v) is 9.14. The second-order valence-corrected chi connectivity index (χ2v) is 5.18. The average molecular weight is 255 g/mol. The van der Waals surface area contributed by atoms with Crippen molar-refractivity contribution in [1.82, 2.24) is 0 Å². The molecule has 0 spiro atoms. The summed E-state index contributed by atoms with van der Waals surface area (Å²) in [5.74, 6) is -1.58. The van der Waals surface area contributed by atoms with Gasteiger partial charge in [-0.2, -0.15) is 0 Å². The first-order chi connectivity index (χ1) is 5.13. The molecule has 0 saturated heterocycles. The maximum absolute atomic E-state index is 10.0. The molecule has 0 saturated carbocycles. The Labute approximate surface area is 82.0 Å². The van der Waals surface area contributed by atoms with E-state index in [1.807, 2.05) is 0 Å². The summed E-state index contributed by atoms with van der Waals surface area (Å²) in [5, 5.41) is 17.8. The van der Waals surface area contributed by atoms with Gasteiger partial charge in [0.05, 0.1) is 0 Å². The monoisotopic (exact) mass is 256 g/mol. The summed E-state index contributed by atoms with van der Waals surface area (Å²) >= 11 is -0.324. The topological polar surface area (TPSA) is 138 Å². The van der Waals surface area contributed by atoms with E-state index in [1.54, 1.807) is 0 Å². The molecule has 0 rings (SSSR count). The molecular weight excluding hydrogens is 241 g/mol. The van der Waals surface area contributed by atoms with Crippen molar-refractivity contribution in [1.29, 1.82) is 0 Å². The van der Waals surface area contributed by atoms with E-state index >= 15 is 0 Å². The number of hydrogen-bond donors (Lipinski definition) is 2. The van der Waals surface area contributed by atoms with Crippen LogP contribution in [-0.2, 0) is 9.59 Å². The number of carbonyl (C=O) groups is 2. The summed E-state index contributed by atoms with van der Waals surface area (Å²) in [5.41, 5.74) is 0. The van der Waals surface area contributed by atoms with Crippen LogP contribution in [0.1, 0.15) is 12.8 Å². The van der Waals surface area contributed by atoms with E-state index < -0.39 is 11.9 Å². The quantitative estimate of drug-likeness (QED) is 0.455. The van der Waals surface area contributed by atoms with E-state index in [1.165, 1.54) is 0 Å². The van der Waals surface area contributed by atoms with Gasteiger partial charge in [0.2, 0.25) is 0 Å². The molecule has 7 heteroatoms. The van der Waals surface area contributed by atoms with Crippen molar-refractivity contribution in [3.05, 3.63) is 0 Å². The molecular formula is C6H14GeO6. The molecule has 78 valence electrons. The number of aliphatic carboxylic acids is 2. The Hall–Kier alpha value is -0.597. The van der Waals surface area contributed by atoms with E-state index in [4.69, 9.17) is 10.2 Å².